The summed E-state index contributed by atoms with van der Waals surface area (Å²) in [5, 5.41) is 8.94. The lowest BCUT2D eigenvalue weighted by Gasteiger charge is -2.31. The number of carboxylic acid groups (broad SMARTS) is 1. The summed E-state index contributed by atoms with van der Waals surface area (Å²) in [5.74, 6) is -1.19. The Labute approximate surface area is 102 Å². The van der Waals surface area contributed by atoms with E-state index >= 15 is 0 Å². The van der Waals surface area contributed by atoms with Gasteiger partial charge in [-0.15, -0.1) is 0 Å². The van der Waals surface area contributed by atoms with Crippen LogP contribution in [-0.2, 0) is 9.59 Å². The fourth-order valence-corrected chi connectivity index (χ4v) is 1.99. The van der Waals surface area contributed by atoms with E-state index in [0.717, 1.165) is 6.42 Å². The summed E-state index contributed by atoms with van der Waals surface area (Å²) in [5.41, 5.74) is 5.47. The molecule has 1 aliphatic heterocycles. The van der Waals surface area contributed by atoms with Crippen molar-refractivity contribution in [3.63, 3.8) is 0 Å². The first-order valence-electron chi connectivity index (χ1n) is 6.09. The predicted octanol–water partition coefficient (Wildman–Crippen LogP) is 0.827. The molecule has 0 bridgehead atoms. The van der Waals surface area contributed by atoms with Gasteiger partial charge in [0.2, 0.25) is 5.91 Å². The SMILES string of the molecule is CC(C)(N)CCC(=O)N1CCCC(C(=O)O)C1. The molecule has 1 rings (SSSR count). The van der Waals surface area contributed by atoms with Gasteiger partial charge in [-0.25, -0.2) is 0 Å². The van der Waals surface area contributed by atoms with Crippen molar-refractivity contribution in [2.75, 3.05) is 13.1 Å². The van der Waals surface area contributed by atoms with Crippen molar-refractivity contribution in [2.45, 2.75) is 45.1 Å². The van der Waals surface area contributed by atoms with Crippen molar-refractivity contribution in [3.05, 3.63) is 0 Å². The standard InChI is InChI=1S/C12H22N2O3/c1-12(2,13)6-5-10(15)14-7-3-4-9(8-14)11(16)17/h9H,3-8,13H2,1-2H3,(H,16,17). The monoisotopic (exact) mass is 242 g/mol. The smallest absolute Gasteiger partial charge is 0.308 e. The number of nitrogens with zero attached hydrogens (tertiary/aromatic N) is 1. The summed E-state index contributed by atoms with van der Waals surface area (Å²) in [6, 6.07) is 0. The number of carbonyl (C=O) groups is 2. The molecule has 98 valence electrons. The minimum atomic E-state index is -0.804. The number of hydrogen-bond acceptors (Lipinski definition) is 3. The highest BCUT2D eigenvalue weighted by molar-refractivity contribution is 5.78. The second-order valence-corrected chi connectivity index (χ2v) is 5.51. The minimum Gasteiger partial charge on any atom is -0.481 e. The van der Waals surface area contributed by atoms with Crippen molar-refractivity contribution >= 4 is 11.9 Å². The number of likely N-dealkylation sites (tertiary alicyclic amines) is 1. The van der Waals surface area contributed by atoms with Crippen LogP contribution in [0.1, 0.15) is 39.5 Å². The highest BCUT2D eigenvalue weighted by Crippen LogP contribution is 2.18. The molecule has 1 saturated heterocycles. The molecule has 0 aromatic rings. The van der Waals surface area contributed by atoms with Crippen LogP contribution in [0.25, 0.3) is 0 Å². The third-order valence-corrected chi connectivity index (χ3v) is 3.11. The summed E-state index contributed by atoms with van der Waals surface area (Å²) in [4.78, 5) is 24.4. The quantitative estimate of drug-likeness (QED) is 0.764. The van der Waals surface area contributed by atoms with Crippen molar-refractivity contribution in [2.24, 2.45) is 11.7 Å². The first kappa shape index (κ1) is 14.0. The van der Waals surface area contributed by atoms with Gasteiger partial charge in [0.25, 0.3) is 0 Å². The van der Waals surface area contributed by atoms with Crippen LogP contribution < -0.4 is 5.73 Å². The molecule has 5 heteroatoms. The molecule has 0 saturated carbocycles. The average Bonchev–Trinajstić information content (AvgIpc) is 2.25. The van der Waals surface area contributed by atoms with Gasteiger partial charge in [0.15, 0.2) is 0 Å². The van der Waals surface area contributed by atoms with E-state index in [0.29, 0.717) is 32.4 Å². The number of carbonyl (C=O) groups excluding carboxylic acids is 1. The lowest BCUT2D eigenvalue weighted by Crippen LogP contribution is -2.43. The fourth-order valence-electron chi connectivity index (χ4n) is 1.99. The van der Waals surface area contributed by atoms with Crippen molar-refractivity contribution in [1.29, 1.82) is 0 Å². The second-order valence-electron chi connectivity index (χ2n) is 5.51. The molecule has 1 fully saturated rings. The van der Waals surface area contributed by atoms with Gasteiger partial charge in [-0.05, 0) is 33.1 Å². The number of rotatable bonds is 4. The Morgan fingerprint density at radius 3 is 2.65 bits per heavy atom. The van der Waals surface area contributed by atoms with E-state index in [2.05, 4.69) is 0 Å². The fraction of sp³-hybridized carbons (Fsp3) is 0.833. The van der Waals surface area contributed by atoms with E-state index in [1.165, 1.54) is 0 Å². The number of amides is 1. The van der Waals surface area contributed by atoms with E-state index < -0.39 is 11.9 Å². The van der Waals surface area contributed by atoms with E-state index in [9.17, 15) is 9.59 Å². The van der Waals surface area contributed by atoms with Crippen LogP contribution in [0.4, 0.5) is 0 Å². The molecule has 5 nitrogen and oxygen atoms in total. The molecule has 1 amide bonds. The Balaban J connectivity index is 2.44. The Morgan fingerprint density at radius 2 is 2.12 bits per heavy atom. The summed E-state index contributed by atoms with van der Waals surface area (Å²) >= 11 is 0. The number of carboxylic acids is 1. The molecule has 17 heavy (non-hydrogen) atoms. The third-order valence-electron chi connectivity index (χ3n) is 3.11. The van der Waals surface area contributed by atoms with Crippen LogP contribution in [0.15, 0.2) is 0 Å². The highest BCUT2D eigenvalue weighted by atomic mass is 16.4. The van der Waals surface area contributed by atoms with E-state index in [1.807, 2.05) is 13.8 Å². The summed E-state index contributed by atoms with van der Waals surface area (Å²) in [7, 11) is 0. The number of hydrogen-bond donors (Lipinski definition) is 2. The van der Waals surface area contributed by atoms with Gasteiger partial charge in [0.05, 0.1) is 5.92 Å². The van der Waals surface area contributed by atoms with Gasteiger partial charge in [-0.2, -0.15) is 0 Å². The summed E-state index contributed by atoms with van der Waals surface area (Å²) in [6.45, 7) is 4.79. The molecule has 0 spiro atoms. The van der Waals surface area contributed by atoms with Crippen LogP contribution >= 0.6 is 0 Å². The average molecular weight is 242 g/mol. The van der Waals surface area contributed by atoms with Crippen molar-refractivity contribution in [1.82, 2.24) is 4.90 Å². The van der Waals surface area contributed by atoms with Gasteiger partial charge in [-0.1, -0.05) is 0 Å². The summed E-state index contributed by atoms with van der Waals surface area (Å²) < 4.78 is 0. The Bertz CT molecular complexity index is 297. The first-order chi connectivity index (χ1) is 7.79. The molecule has 1 aliphatic rings. The Kier molecular flexibility index (Phi) is 4.51. The maximum absolute atomic E-state index is 11.9. The predicted molar refractivity (Wildman–Crippen MR) is 64.4 cm³/mol. The maximum Gasteiger partial charge on any atom is 0.308 e. The first-order valence-corrected chi connectivity index (χ1v) is 6.09. The van der Waals surface area contributed by atoms with Crippen LogP contribution in [-0.4, -0.2) is 40.5 Å². The lowest BCUT2D eigenvalue weighted by atomic mass is 9.96. The molecule has 0 radical (unpaired) electrons. The molecule has 0 aliphatic carbocycles. The van der Waals surface area contributed by atoms with Gasteiger partial charge in [0.1, 0.15) is 0 Å². The van der Waals surface area contributed by atoms with Crippen LogP contribution in [0.3, 0.4) is 0 Å². The molecule has 1 heterocycles. The molecular formula is C12H22N2O3. The lowest BCUT2D eigenvalue weighted by molar-refractivity contribution is -0.145. The molecule has 1 atom stereocenters. The van der Waals surface area contributed by atoms with E-state index in [4.69, 9.17) is 10.8 Å². The Hall–Kier alpha value is -1.10. The number of aliphatic carboxylic acids is 1. The van der Waals surface area contributed by atoms with Crippen LogP contribution in [0, 0.1) is 5.92 Å². The van der Waals surface area contributed by atoms with Crippen molar-refractivity contribution < 1.29 is 14.7 Å². The maximum atomic E-state index is 11.9. The van der Waals surface area contributed by atoms with Gasteiger partial charge >= 0.3 is 5.97 Å². The Morgan fingerprint density at radius 1 is 1.47 bits per heavy atom. The largest absolute Gasteiger partial charge is 0.481 e. The van der Waals surface area contributed by atoms with Crippen molar-refractivity contribution in [3.8, 4) is 0 Å². The molecule has 1 unspecified atom stereocenters. The molecule has 0 aromatic heterocycles. The highest BCUT2D eigenvalue weighted by Gasteiger charge is 2.28. The third kappa shape index (κ3) is 4.73. The topological polar surface area (TPSA) is 83.6 Å². The van der Waals surface area contributed by atoms with Crippen LogP contribution in [0.2, 0.25) is 0 Å². The molecule has 0 aromatic carbocycles. The zero-order valence-electron chi connectivity index (χ0n) is 10.6. The zero-order chi connectivity index (χ0) is 13.1. The zero-order valence-corrected chi connectivity index (χ0v) is 10.6. The number of piperidine rings is 1. The normalized spacial score (nSPS) is 21.4. The second kappa shape index (κ2) is 5.49. The van der Waals surface area contributed by atoms with Gasteiger partial charge in [0, 0.05) is 25.0 Å². The summed E-state index contributed by atoms with van der Waals surface area (Å²) in [6.07, 6.45) is 2.46. The molecular weight excluding hydrogens is 220 g/mol. The van der Waals surface area contributed by atoms with E-state index in [-0.39, 0.29) is 11.4 Å². The van der Waals surface area contributed by atoms with Gasteiger partial charge < -0.3 is 15.7 Å². The van der Waals surface area contributed by atoms with Gasteiger partial charge in [-0.3, -0.25) is 9.59 Å². The number of nitrogens with two attached hydrogens (primary N) is 1. The molecule has 3 N–H and O–H groups in total. The minimum absolute atomic E-state index is 0.0227. The van der Waals surface area contributed by atoms with Crippen LogP contribution in [0.5, 0.6) is 0 Å². The van der Waals surface area contributed by atoms with E-state index in [1.54, 1.807) is 4.90 Å².